The second kappa shape index (κ2) is 8.33. The lowest BCUT2D eigenvalue weighted by molar-refractivity contribution is -0.132. The molecule has 1 amide bonds. The Balaban J connectivity index is 1.68. The number of benzene rings is 1. The molecule has 7 heteroatoms. The predicted molar refractivity (Wildman–Crippen MR) is 100 cm³/mol. The summed E-state index contributed by atoms with van der Waals surface area (Å²) in [7, 11) is -3.48. The number of furan rings is 1. The molecule has 3 aromatic rings. The van der Waals surface area contributed by atoms with E-state index >= 15 is 0 Å². The molecule has 0 aliphatic carbocycles. The van der Waals surface area contributed by atoms with Crippen LogP contribution in [-0.4, -0.2) is 25.0 Å². The predicted octanol–water partition coefficient (Wildman–Crippen LogP) is 3.73. The zero-order valence-electron chi connectivity index (χ0n) is 14.1. The molecule has 0 aliphatic rings. The average molecular weight is 389 g/mol. The maximum Gasteiger partial charge on any atom is 0.224 e. The van der Waals surface area contributed by atoms with Crippen LogP contribution in [0.2, 0.25) is 0 Å². The van der Waals surface area contributed by atoms with Crippen LogP contribution >= 0.6 is 11.3 Å². The molecule has 1 aromatic carbocycles. The summed E-state index contributed by atoms with van der Waals surface area (Å²) in [6.07, 6.45) is 1.49. The quantitative estimate of drug-likeness (QED) is 0.589. The molecule has 0 unspecified atom stereocenters. The SMILES string of the molecule is O=C(CCS(=O)(=O)c1ccccc1)N(Cc1ccsc1)Cc1ccco1. The van der Waals surface area contributed by atoms with Crippen LogP contribution in [0.5, 0.6) is 0 Å². The minimum Gasteiger partial charge on any atom is -0.467 e. The fraction of sp³-hybridized carbons (Fsp3) is 0.211. The average Bonchev–Trinajstić information content (AvgIpc) is 3.34. The normalized spacial score (nSPS) is 11.4. The van der Waals surface area contributed by atoms with Crippen molar-refractivity contribution in [1.82, 2.24) is 4.90 Å². The van der Waals surface area contributed by atoms with Crippen molar-refractivity contribution < 1.29 is 17.6 Å². The highest BCUT2D eigenvalue weighted by molar-refractivity contribution is 7.91. The van der Waals surface area contributed by atoms with Crippen molar-refractivity contribution >= 4 is 27.1 Å². The number of hydrogen-bond donors (Lipinski definition) is 0. The zero-order valence-corrected chi connectivity index (χ0v) is 15.7. The molecule has 0 spiro atoms. The lowest BCUT2D eigenvalue weighted by Gasteiger charge is -2.21. The molecule has 0 saturated heterocycles. The van der Waals surface area contributed by atoms with Crippen molar-refractivity contribution in [2.75, 3.05) is 5.75 Å². The molecule has 26 heavy (non-hydrogen) atoms. The van der Waals surface area contributed by atoms with Crippen LogP contribution in [0.15, 0.2) is 74.9 Å². The third-order valence-electron chi connectivity index (χ3n) is 3.92. The van der Waals surface area contributed by atoms with Crippen LogP contribution in [0, 0.1) is 0 Å². The van der Waals surface area contributed by atoms with Gasteiger partial charge in [0.05, 0.1) is 23.5 Å². The Morgan fingerprint density at radius 2 is 1.85 bits per heavy atom. The van der Waals surface area contributed by atoms with Crippen molar-refractivity contribution in [3.05, 3.63) is 76.9 Å². The van der Waals surface area contributed by atoms with Crippen LogP contribution in [0.4, 0.5) is 0 Å². The molecule has 0 saturated carbocycles. The van der Waals surface area contributed by atoms with Gasteiger partial charge in [0.1, 0.15) is 5.76 Å². The second-order valence-corrected chi connectivity index (χ2v) is 8.73. The van der Waals surface area contributed by atoms with Gasteiger partial charge in [0.25, 0.3) is 0 Å². The lowest BCUT2D eigenvalue weighted by atomic mass is 10.2. The van der Waals surface area contributed by atoms with E-state index in [9.17, 15) is 13.2 Å². The Morgan fingerprint density at radius 1 is 1.04 bits per heavy atom. The molecule has 2 heterocycles. The first kappa shape index (κ1) is 18.4. The summed E-state index contributed by atoms with van der Waals surface area (Å²) in [5, 5.41) is 3.92. The van der Waals surface area contributed by atoms with E-state index in [-0.39, 0.29) is 23.0 Å². The molecular weight excluding hydrogens is 370 g/mol. The maximum atomic E-state index is 12.7. The summed E-state index contributed by atoms with van der Waals surface area (Å²) in [5.41, 5.74) is 1.01. The van der Waals surface area contributed by atoms with E-state index in [1.165, 1.54) is 0 Å². The summed E-state index contributed by atoms with van der Waals surface area (Å²) < 4.78 is 30.1. The Hall–Kier alpha value is -2.38. The number of rotatable bonds is 8. The van der Waals surface area contributed by atoms with Crippen molar-refractivity contribution in [2.24, 2.45) is 0 Å². The van der Waals surface area contributed by atoms with E-state index in [4.69, 9.17) is 4.42 Å². The Kier molecular flexibility index (Phi) is 5.90. The lowest BCUT2D eigenvalue weighted by Crippen LogP contribution is -2.31. The third-order valence-corrected chi connectivity index (χ3v) is 6.38. The molecule has 136 valence electrons. The van der Waals surface area contributed by atoms with Gasteiger partial charge in [-0.15, -0.1) is 0 Å². The Labute approximate surface area is 156 Å². The van der Waals surface area contributed by atoms with Crippen molar-refractivity contribution in [3.8, 4) is 0 Å². The highest BCUT2D eigenvalue weighted by atomic mass is 32.2. The highest BCUT2D eigenvalue weighted by Gasteiger charge is 2.21. The largest absolute Gasteiger partial charge is 0.467 e. The second-order valence-electron chi connectivity index (χ2n) is 5.84. The van der Waals surface area contributed by atoms with Crippen LogP contribution in [0.3, 0.4) is 0 Å². The minimum atomic E-state index is -3.48. The third kappa shape index (κ3) is 4.83. The topological polar surface area (TPSA) is 67.6 Å². The number of amides is 1. The van der Waals surface area contributed by atoms with E-state index in [2.05, 4.69) is 0 Å². The van der Waals surface area contributed by atoms with E-state index in [1.54, 1.807) is 65.0 Å². The molecule has 0 fully saturated rings. The Bertz CT molecular complexity index is 881. The number of carbonyl (C=O) groups is 1. The van der Waals surface area contributed by atoms with Crippen molar-refractivity contribution in [2.45, 2.75) is 24.4 Å². The van der Waals surface area contributed by atoms with Crippen molar-refractivity contribution in [1.29, 1.82) is 0 Å². The molecule has 5 nitrogen and oxygen atoms in total. The zero-order chi connectivity index (χ0) is 18.4. The van der Waals surface area contributed by atoms with Gasteiger partial charge >= 0.3 is 0 Å². The van der Waals surface area contributed by atoms with Gasteiger partial charge in [0.15, 0.2) is 9.84 Å². The Morgan fingerprint density at radius 3 is 2.50 bits per heavy atom. The molecule has 2 aromatic heterocycles. The minimum absolute atomic E-state index is 0.0674. The maximum absolute atomic E-state index is 12.7. The number of thiophene rings is 1. The van der Waals surface area contributed by atoms with Gasteiger partial charge in [-0.3, -0.25) is 4.79 Å². The smallest absolute Gasteiger partial charge is 0.224 e. The summed E-state index contributed by atoms with van der Waals surface area (Å²) >= 11 is 1.56. The molecular formula is C19H19NO4S2. The first-order chi connectivity index (χ1) is 12.5. The summed E-state index contributed by atoms with van der Waals surface area (Å²) in [6, 6.07) is 13.7. The number of carbonyl (C=O) groups excluding carboxylic acids is 1. The standard InChI is InChI=1S/C19H19NO4S2/c21-19(9-12-26(22,23)18-6-2-1-3-7-18)20(13-16-8-11-25-15-16)14-17-5-4-10-24-17/h1-8,10-11,15H,9,12-14H2. The van der Waals surface area contributed by atoms with Gasteiger partial charge < -0.3 is 9.32 Å². The molecule has 3 rings (SSSR count). The van der Waals surface area contributed by atoms with Gasteiger partial charge in [-0.1, -0.05) is 18.2 Å². The van der Waals surface area contributed by atoms with Gasteiger partial charge in [-0.2, -0.15) is 11.3 Å². The summed E-state index contributed by atoms with van der Waals surface area (Å²) in [5.74, 6) is 0.236. The molecule has 0 bridgehead atoms. The van der Waals surface area contributed by atoms with E-state index in [0.717, 1.165) is 5.56 Å². The summed E-state index contributed by atoms with van der Waals surface area (Å²) in [4.78, 5) is 14.6. The first-order valence-corrected chi connectivity index (χ1v) is 10.7. The summed E-state index contributed by atoms with van der Waals surface area (Å²) in [6.45, 7) is 0.738. The number of sulfone groups is 1. The molecule has 0 N–H and O–H groups in total. The molecule has 0 radical (unpaired) electrons. The van der Waals surface area contributed by atoms with Gasteiger partial charge in [-0.25, -0.2) is 8.42 Å². The molecule has 0 atom stereocenters. The van der Waals surface area contributed by atoms with Crippen molar-refractivity contribution in [3.63, 3.8) is 0 Å². The van der Waals surface area contributed by atoms with Gasteiger partial charge in [0, 0.05) is 13.0 Å². The number of hydrogen-bond acceptors (Lipinski definition) is 5. The van der Waals surface area contributed by atoms with Crippen LogP contribution < -0.4 is 0 Å². The van der Waals surface area contributed by atoms with E-state index in [0.29, 0.717) is 18.8 Å². The number of nitrogens with zero attached hydrogens (tertiary/aromatic N) is 1. The van der Waals surface area contributed by atoms with Crippen LogP contribution in [0.25, 0.3) is 0 Å². The first-order valence-electron chi connectivity index (χ1n) is 8.13. The fourth-order valence-corrected chi connectivity index (χ4v) is 4.46. The monoisotopic (exact) mass is 389 g/mol. The van der Waals surface area contributed by atoms with E-state index in [1.807, 2.05) is 16.8 Å². The van der Waals surface area contributed by atoms with Gasteiger partial charge in [-0.05, 0) is 46.7 Å². The van der Waals surface area contributed by atoms with Crippen LogP contribution in [0.1, 0.15) is 17.7 Å². The van der Waals surface area contributed by atoms with Crippen LogP contribution in [-0.2, 0) is 27.7 Å². The molecule has 0 aliphatic heterocycles. The fourth-order valence-electron chi connectivity index (χ4n) is 2.55. The van der Waals surface area contributed by atoms with E-state index < -0.39 is 9.84 Å². The highest BCUT2D eigenvalue weighted by Crippen LogP contribution is 2.16. The van der Waals surface area contributed by atoms with Gasteiger partial charge in [0.2, 0.25) is 5.91 Å².